The Morgan fingerprint density at radius 2 is 2.04 bits per heavy atom. The minimum atomic E-state index is 0.541. The summed E-state index contributed by atoms with van der Waals surface area (Å²) in [5.74, 6) is 0.541. The Morgan fingerprint density at radius 3 is 2.96 bits per heavy atom. The van der Waals surface area contributed by atoms with Crippen LogP contribution >= 0.6 is 0 Å². The van der Waals surface area contributed by atoms with E-state index in [2.05, 4.69) is 46.7 Å². The van der Waals surface area contributed by atoms with E-state index in [-0.39, 0.29) is 0 Å². The molecule has 3 aromatic rings. The van der Waals surface area contributed by atoms with Gasteiger partial charge in [0, 0.05) is 36.3 Å². The molecular weight excluding hydrogens is 284 g/mol. The number of nitrogens with one attached hydrogen (secondary N) is 1. The van der Waals surface area contributed by atoms with Gasteiger partial charge in [0.1, 0.15) is 0 Å². The van der Waals surface area contributed by atoms with Gasteiger partial charge in [0.05, 0.1) is 12.1 Å². The van der Waals surface area contributed by atoms with Crippen LogP contribution in [0.4, 0.5) is 5.69 Å². The van der Waals surface area contributed by atoms with Crippen molar-refractivity contribution in [1.82, 2.24) is 4.98 Å². The molecule has 3 nitrogen and oxygen atoms in total. The van der Waals surface area contributed by atoms with Crippen molar-refractivity contribution in [3.05, 3.63) is 71.9 Å². The average Bonchev–Trinajstić information content (AvgIpc) is 3.15. The monoisotopic (exact) mass is 304 g/mol. The topological polar surface area (TPSA) is 34.2 Å². The Balaban J connectivity index is 1.48. The number of aromatic nitrogens is 1. The van der Waals surface area contributed by atoms with Crippen LogP contribution in [0.3, 0.4) is 0 Å². The minimum Gasteiger partial charge on any atom is -0.381 e. The first-order valence-corrected chi connectivity index (χ1v) is 8.14. The zero-order valence-electron chi connectivity index (χ0n) is 13.0. The molecule has 0 aliphatic carbocycles. The van der Waals surface area contributed by atoms with Crippen molar-refractivity contribution in [2.75, 3.05) is 18.5 Å². The number of hydrogen-bond donors (Lipinski definition) is 1. The van der Waals surface area contributed by atoms with Gasteiger partial charge >= 0.3 is 0 Å². The quantitative estimate of drug-likeness (QED) is 0.778. The molecule has 1 aromatic heterocycles. The lowest BCUT2D eigenvalue weighted by molar-refractivity contribution is 0.194. The maximum atomic E-state index is 5.49. The number of ether oxygens (including phenoxy) is 1. The number of benzene rings is 2. The van der Waals surface area contributed by atoms with Crippen molar-refractivity contribution >= 4 is 16.6 Å². The second-order valence-corrected chi connectivity index (χ2v) is 6.08. The van der Waals surface area contributed by atoms with Gasteiger partial charge in [-0.15, -0.1) is 0 Å². The van der Waals surface area contributed by atoms with Crippen LogP contribution in [0.25, 0.3) is 10.9 Å². The summed E-state index contributed by atoms with van der Waals surface area (Å²) >= 11 is 0. The number of hydrogen-bond acceptors (Lipinski definition) is 3. The molecule has 0 spiro atoms. The van der Waals surface area contributed by atoms with Crippen LogP contribution in [0, 0.1) is 0 Å². The zero-order chi connectivity index (χ0) is 15.5. The molecule has 0 saturated carbocycles. The Labute approximate surface area is 136 Å². The number of pyridine rings is 1. The van der Waals surface area contributed by atoms with Crippen molar-refractivity contribution in [2.24, 2.45) is 0 Å². The molecule has 4 rings (SSSR count). The van der Waals surface area contributed by atoms with Gasteiger partial charge in [-0.05, 0) is 41.8 Å². The fourth-order valence-electron chi connectivity index (χ4n) is 3.12. The van der Waals surface area contributed by atoms with Gasteiger partial charge in [0.25, 0.3) is 0 Å². The highest BCUT2D eigenvalue weighted by atomic mass is 16.5. The second-order valence-electron chi connectivity index (χ2n) is 6.08. The summed E-state index contributed by atoms with van der Waals surface area (Å²) in [7, 11) is 0. The Bertz CT molecular complexity index is 809. The summed E-state index contributed by atoms with van der Waals surface area (Å²) in [5.41, 5.74) is 4.75. The Kier molecular flexibility index (Phi) is 3.95. The first-order chi connectivity index (χ1) is 11.4. The fraction of sp³-hybridized carbons (Fsp3) is 0.250. The molecule has 1 aliphatic rings. The summed E-state index contributed by atoms with van der Waals surface area (Å²) in [6.07, 6.45) is 3.07. The molecule has 1 saturated heterocycles. The van der Waals surface area contributed by atoms with E-state index >= 15 is 0 Å². The zero-order valence-corrected chi connectivity index (χ0v) is 13.0. The fourth-order valence-corrected chi connectivity index (χ4v) is 3.12. The van der Waals surface area contributed by atoms with Crippen molar-refractivity contribution < 1.29 is 4.74 Å². The predicted octanol–water partition coefficient (Wildman–Crippen LogP) is 4.35. The molecule has 2 aromatic carbocycles. The highest BCUT2D eigenvalue weighted by molar-refractivity contribution is 5.78. The largest absolute Gasteiger partial charge is 0.381 e. The van der Waals surface area contributed by atoms with Crippen LogP contribution in [0.5, 0.6) is 0 Å². The van der Waals surface area contributed by atoms with E-state index in [1.165, 1.54) is 16.5 Å². The molecule has 1 aliphatic heterocycles. The van der Waals surface area contributed by atoms with Crippen molar-refractivity contribution in [1.29, 1.82) is 0 Å². The molecule has 0 radical (unpaired) electrons. The van der Waals surface area contributed by atoms with Gasteiger partial charge in [-0.2, -0.15) is 0 Å². The van der Waals surface area contributed by atoms with E-state index in [1.54, 1.807) is 0 Å². The van der Waals surface area contributed by atoms with Gasteiger partial charge in [0.2, 0.25) is 0 Å². The van der Waals surface area contributed by atoms with E-state index in [0.717, 1.165) is 37.4 Å². The summed E-state index contributed by atoms with van der Waals surface area (Å²) in [4.78, 5) is 4.52. The first kappa shape index (κ1) is 14.2. The number of fused-ring (bicyclic) bond motifs is 1. The van der Waals surface area contributed by atoms with Crippen molar-refractivity contribution in [3.63, 3.8) is 0 Å². The van der Waals surface area contributed by atoms with Gasteiger partial charge in [0.15, 0.2) is 0 Å². The van der Waals surface area contributed by atoms with Crippen LogP contribution in [-0.4, -0.2) is 18.2 Å². The lowest BCUT2D eigenvalue weighted by Gasteiger charge is -2.12. The number of anilines is 1. The van der Waals surface area contributed by atoms with E-state index in [0.29, 0.717) is 5.92 Å². The molecule has 1 unspecified atom stereocenters. The number of para-hydroxylation sites is 1. The molecule has 116 valence electrons. The molecule has 1 atom stereocenters. The molecule has 1 fully saturated rings. The molecule has 2 heterocycles. The summed E-state index contributed by atoms with van der Waals surface area (Å²) in [5, 5.41) is 4.69. The van der Waals surface area contributed by atoms with Gasteiger partial charge < -0.3 is 10.1 Å². The minimum absolute atomic E-state index is 0.541. The summed E-state index contributed by atoms with van der Waals surface area (Å²) < 4.78 is 5.49. The predicted molar refractivity (Wildman–Crippen MR) is 93.7 cm³/mol. The molecular formula is C20H20N2O. The molecule has 0 amide bonds. The molecule has 3 heteroatoms. The first-order valence-electron chi connectivity index (χ1n) is 8.14. The van der Waals surface area contributed by atoms with Crippen LogP contribution in [0.1, 0.15) is 23.5 Å². The highest BCUT2D eigenvalue weighted by Gasteiger charge is 2.17. The maximum absolute atomic E-state index is 5.49. The van der Waals surface area contributed by atoms with Gasteiger partial charge in [-0.1, -0.05) is 30.3 Å². The van der Waals surface area contributed by atoms with E-state index in [1.807, 2.05) is 24.4 Å². The number of nitrogens with zero attached hydrogens (tertiary/aromatic N) is 1. The third-order valence-electron chi connectivity index (χ3n) is 4.43. The third kappa shape index (κ3) is 3.20. The van der Waals surface area contributed by atoms with E-state index < -0.39 is 0 Å². The lowest BCUT2D eigenvalue weighted by atomic mass is 9.98. The SMILES string of the molecule is c1cc(NCc2cnc3ccccc3c2)cc(C2CCOC2)c1. The second kappa shape index (κ2) is 6.39. The van der Waals surface area contributed by atoms with E-state index in [4.69, 9.17) is 4.74 Å². The van der Waals surface area contributed by atoms with Gasteiger partial charge in [-0.3, -0.25) is 4.98 Å². The normalized spacial score (nSPS) is 17.5. The Hall–Kier alpha value is -2.39. The summed E-state index contributed by atoms with van der Waals surface area (Å²) in [6.45, 7) is 2.51. The maximum Gasteiger partial charge on any atom is 0.0702 e. The standard InChI is InChI=1S/C20H20N2O/c1-2-7-20-17(4-1)10-15(13-22-20)12-21-19-6-3-5-16(11-19)18-8-9-23-14-18/h1-7,10-11,13,18,21H,8-9,12,14H2. The van der Waals surface area contributed by atoms with Gasteiger partial charge in [-0.25, -0.2) is 0 Å². The summed E-state index contributed by atoms with van der Waals surface area (Å²) in [6, 6.07) is 19.1. The molecule has 0 bridgehead atoms. The molecule has 1 N–H and O–H groups in total. The third-order valence-corrected chi connectivity index (χ3v) is 4.43. The van der Waals surface area contributed by atoms with Crippen LogP contribution in [0.2, 0.25) is 0 Å². The van der Waals surface area contributed by atoms with Crippen molar-refractivity contribution in [3.8, 4) is 0 Å². The van der Waals surface area contributed by atoms with Crippen molar-refractivity contribution in [2.45, 2.75) is 18.9 Å². The van der Waals surface area contributed by atoms with E-state index in [9.17, 15) is 0 Å². The number of rotatable bonds is 4. The smallest absolute Gasteiger partial charge is 0.0702 e. The van der Waals surface area contributed by atoms with Crippen LogP contribution in [-0.2, 0) is 11.3 Å². The lowest BCUT2D eigenvalue weighted by Crippen LogP contribution is -2.02. The molecule has 23 heavy (non-hydrogen) atoms. The van der Waals surface area contributed by atoms with Crippen LogP contribution in [0.15, 0.2) is 60.8 Å². The highest BCUT2D eigenvalue weighted by Crippen LogP contribution is 2.27. The van der Waals surface area contributed by atoms with Crippen LogP contribution < -0.4 is 5.32 Å². The average molecular weight is 304 g/mol. The Morgan fingerprint density at radius 1 is 1.09 bits per heavy atom.